The molecule has 0 aliphatic carbocycles. The third kappa shape index (κ3) is 3.61. The van der Waals surface area contributed by atoms with E-state index in [0.717, 1.165) is 49.4 Å². The van der Waals surface area contributed by atoms with Crippen molar-refractivity contribution in [1.29, 1.82) is 0 Å². The molecule has 198 valence electrons. The van der Waals surface area contributed by atoms with Crippen LogP contribution in [0.25, 0.3) is 65.9 Å². The Morgan fingerprint density at radius 2 is 1.00 bits per heavy atom. The Labute approximate surface area is 240 Å². The molecule has 0 saturated heterocycles. The van der Waals surface area contributed by atoms with Gasteiger partial charge in [-0.1, -0.05) is 66.7 Å². The van der Waals surface area contributed by atoms with Crippen LogP contribution in [0.3, 0.4) is 0 Å². The molecule has 8 aromatic rings. The summed E-state index contributed by atoms with van der Waals surface area (Å²) in [6.07, 6.45) is 3.49. The van der Waals surface area contributed by atoms with Crippen LogP contribution in [-0.4, -0.2) is 14.1 Å². The first-order valence-electron chi connectivity index (χ1n) is 13.8. The van der Waals surface area contributed by atoms with Crippen LogP contribution in [0.4, 0.5) is 0 Å². The van der Waals surface area contributed by atoms with E-state index in [-0.39, 0.29) is 11.1 Å². The van der Waals surface area contributed by atoms with Gasteiger partial charge in [0.05, 0.1) is 22.1 Å². The molecule has 0 aliphatic rings. The minimum atomic E-state index is -0.352. The van der Waals surface area contributed by atoms with Crippen molar-refractivity contribution in [3.63, 3.8) is 0 Å². The zero-order valence-electron chi connectivity index (χ0n) is 22.4. The maximum atomic E-state index is 14.5. The van der Waals surface area contributed by atoms with E-state index in [1.54, 1.807) is 18.5 Å². The molecular formula is C37H23N3O2. The predicted octanol–water partition coefficient (Wildman–Crippen LogP) is 7.66. The van der Waals surface area contributed by atoms with Crippen molar-refractivity contribution in [1.82, 2.24) is 14.1 Å². The number of nitrogens with zero attached hydrogens (tertiary/aromatic N) is 3. The Morgan fingerprint density at radius 3 is 1.76 bits per heavy atom. The Kier molecular flexibility index (Phi) is 5.37. The summed E-state index contributed by atoms with van der Waals surface area (Å²) in [5.41, 5.74) is 4.79. The first-order chi connectivity index (χ1) is 20.7. The van der Waals surface area contributed by atoms with E-state index in [1.807, 2.05) is 91.0 Å². The summed E-state index contributed by atoms with van der Waals surface area (Å²) >= 11 is 0. The van der Waals surface area contributed by atoms with Gasteiger partial charge in [0.2, 0.25) is 0 Å². The highest BCUT2D eigenvalue weighted by Crippen LogP contribution is 2.35. The van der Waals surface area contributed by atoms with E-state index in [2.05, 4.69) is 39.9 Å². The van der Waals surface area contributed by atoms with Gasteiger partial charge < -0.3 is 4.57 Å². The van der Waals surface area contributed by atoms with E-state index in [9.17, 15) is 9.59 Å². The van der Waals surface area contributed by atoms with Crippen LogP contribution in [0, 0.1) is 0 Å². The van der Waals surface area contributed by atoms with Crippen molar-refractivity contribution >= 4 is 43.4 Å². The highest BCUT2D eigenvalue weighted by atomic mass is 16.2. The molecule has 3 aromatic heterocycles. The van der Waals surface area contributed by atoms with Gasteiger partial charge in [0.15, 0.2) is 0 Å². The van der Waals surface area contributed by atoms with Gasteiger partial charge in [-0.25, -0.2) is 4.57 Å². The van der Waals surface area contributed by atoms with Crippen LogP contribution in [0.5, 0.6) is 0 Å². The topological polar surface area (TPSA) is 56.9 Å². The van der Waals surface area contributed by atoms with Gasteiger partial charge in [0.1, 0.15) is 0 Å². The van der Waals surface area contributed by atoms with Gasteiger partial charge in [0.25, 0.3) is 11.1 Å². The van der Waals surface area contributed by atoms with E-state index in [1.165, 1.54) is 4.57 Å². The van der Waals surface area contributed by atoms with Crippen molar-refractivity contribution in [3.05, 3.63) is 160 Å². The predicted molar refractivity (Wildman–Crippen MR) is 171 cm³/mol. The van der Waals surface area contributed by atoms with Crippen molar-refractivity contribution < 1.29 is 0 Å². The summed E-state index contributed by atoms with van der Waals surface area (Å²) in [7, 11) is 0. The highest BCUT2D eigenvalue weighted by molar-refractivity contribution is 6.17. The summed E-state index contributed by atoms with van der Waals surface area (Å²) in [5, 5.41) is 4.60. The largest absolute Gasteiger partial charge is 0.309 e. The molecule has 0 aliphatic heterocycles. The summed E-state index contributed by atoms with van der Waals surface area (Å²) in [5.74, 6) is 0. The molecule has 0 fully saturated rings. The van der Waals surface area contributed by atoms with Crippen LogP contribution in [0.2, 0.25) is 0 Å². The maximum absolute atomic E-state index is 14.5. The minimum Gasteiger partial charge on any atom is -0.309 e. The van der Waals surface area contributed by atoms with Crippen molar-refractivity contribution in [2.45, 2.75) is 0 Å². The van der Waals surface area contributed by atoms with Gasteiger partial charge in [-0.3, -0.25) is 14.6 Å². The number of aromatic nitrogens is 3. The molecule has 0 radical (unpaired) electrons. The molecule has 3 heterocycles. The van der Waals surface area contributed by atoms with Crippen molar-refractivity contribution in [2.75, 3.05) is 0 Å². The lowest BCUT2D eigenvalue weighted by Gasteiger charge is -2.08. The van der Waals surface area contributed by atoms with Gasteiger partial charge in [-0.15, -0.1) is 0 Å². The Morgan fingerprint density at radius 1 is 0.405 bits per heavy atom. The molecule has 0 atom stereocenters. The number of benzene rings is 5. The SMILES string of the molecule is O=c1c2ccccc2c2cc3c4ccccc4n(-c4ccccc4)c3cc2c(=O)n1-c1ccc(-c2ccncc2)cc1. The molecule has 8 rings (SSSR count). The lowest BCUT2D eigenvalue weighted by Crippen LogP contribution is -2.28. The average molecular weight is 542 g/mol. The van der Waals surface area contributed by atoms with Crippen LogP contribution in [0.15, 0.2) is 149 Å². The minimum absolute atomic E-state index is 0.344. The van der Waals surface area contributed by atoms with E-state index in [0.29, 0.717) is 16.5 Å². The quantitative estimate of drug-likeness (QED) is 0.231. The Hall–Kier alpha value is -5.81. The second-order valence-electron chi connectivity index (χ2n) is 10.4. The van der Waals surface area contributed by atoms with Crippen LogP contribution in [0.1, 0.15) is 0 Å². The van der Waals surface area contributed by atoms with Gasteiger partial charge >= 0.3 is 0 Å². The smallest absolute Gasteiger partial charge is 0.266 e. The molecule has 42 heavy (non-hydrogen) atoms. The number of fused-ring (bicyclic) bond motifs is 6. The molecule has 5 heteroatoms. The number of hydrogen-bond acceptors (Lipinski definition) is 3. The lowest BCUT2D eigenvalue weighted by atomic mass is 10.0. The fraction of sp³-hybridized carbons (Fsp3) is 0. The number of para-hydroxylation sites is 2. The lowest BCUT2D eigenvalue weighted by molar-refractivity contribution is 0.976. The molecule has 0 amide bonds. The molecule has 0 bridgehead atoms. The van der Waals surface area contributed by atoms with Crippen LogP contribution >= 0.6 is 0 Å². The molecule has 0 N–H and O–H groups in total. The molecular weight excluding hydrogens is 518 g/mol. The summed E-state index contributed by atoms with van der Waals surface area (Å²) in [4.78, 5) is 32.7. The van der Waals surface area contributed by atoms with E-state index < -0.39 is 0 Å². The Bertz CT molecular complexity index is 2430. The fourth-order valence-corrected chi connectivity index (χ4v) is 6.09. The van der Waals surface area contributed by atoms with Gasteiger partial charge in [-0.2, -0.15) is 0 Å². The third-order valence-corrected chi connectivity index (χ3v) is 8.05. The average Bonchev–Trinajstić information content (AvgIpc) is 3.34. The standard InChI is InChI=1S/C37H23N3O2/c41-36-30-12-5-4-10-28(30)31-22-32-29-11-6-7-13-34(29)39(26-8-2-1-3-9-26)35(32)23-33(31)37(42)40(36)27-16-14-24(15-17-27)25-18-20-38-21-19-25/h1-23H. The molecule has 5 nitrogen and oxygen atoms in total. The molecule has 0 spiro atoms. The Balaban J connectivity index is 1.50. The summed E-state index contributed by atoms with van der Waals surface area (Å²) in [6.45, 7) is 0. The van der Waals surface area contributed by atoms with E-state index >= 15 is 0 Å². The van der Waals surface area contributed by atoms with Gasteiger partial charge in [-0.05, 0) is 82.6 Å². The second-order valence-corrected chi connectivity index (χ2v) is 10.4. The zero-order valence-corrected chi connectivity index (χ0v) is 22.4. The first kappa shape index (κ1) is 24.0. The number of rotatable bonds is 3. The van der Waals surface area contributed by atoms with Gasteiger partial charge in [0, 0.05) is 34.2 Å². The maximum Gasteiger partial charge on any atom is 0.266 e. The summed E-state index contributed by atoms with van der Waals surface area (Å²) < 4.78 is 3.49. The molecule has 5 aromatic carbocycles. The number of hydrogen-bond donors (Lipinski definition) is 0. The van der Waals surface area contributed by atoms with Crippen molar-refractivity contribution in [2.24, 2.45) is 0 Å². The third-order valence-electron chi connectivity index (χ3n) is 8.05. The highest BCUT2D eigenvalue weighted by Gasteiger charge is 2.18. The number of pyridine rings is 1. The molecule has 0 unspecified atom stereocenters. The molecule has 0 saturated carbocycles. The monoisotopic (exact) mass is 541 g/mol. The normalized spacial score (nSPS) is 11.5. The fourth-order valence-electron chi connectivity index (χ4n) is 6.09. The first-order valence-corrected chi connectivity index (χ1v) is 13.8. The van der Waals surface area contributed by atoms with Crippen LogP contribution < -0.4 is 11.1 Å². The van der Waals surface area contributed by atoms with Crippen LogP contribution in [-0.2, 0) is 0 Å². The van der Waals surface area contributed by atoms with Crippen molar-refractivity contribution in [3.8, 4) is 22.5 Å². The summed E-state index contributed by atoms with van der Waals surface area (Å²) in [6, 6.07) is 41.3. The zero-order chi connectivity index (χ0) is 28.2. The second kappa shape index (κ2) is 9.39. The van der Waals surface area contributed by atoms with E-state index in [4.69, 9.17) is 0 Å².